The van der Waals surface area contributed by atoms with Crippen molar-refractivity contribution >= 4 is 16.5 Å². The van der Waals surface area contributed by atoms with Crippen molar-refractivity contribution in [2.24, 2.45) is 0 Å². The third-order valence-corrected chi connectivity index (χ3v) is 3.15. The molecule has 21 heavy (non-hydrogen) atoms. The van der Waals surface area contributed by atoms with Crippen LogP contribution in [0, 0.1) is 0 Å². The number of aromatic nitrogens is 2. The second-order valence-electron chi connectivity index (χ2n) is 4.52. The molecule has 0 spiro atoms. The molecule has 4 N–H and O–H groups in total. The van der Waals surface area contributed by atoms with Crippen LogP contribution in [-0.2, 0) is 13.2 Å². The highest BCUT2D eigenvalue weighted by Crippen LogP contribution is 2.18. The van der Waals surface area contributed by atoms with E-state index in [0.717, 1.165) is 0 Å². The van der Waals surface area contributed by atoms with E-state index in [0.29, 0.717) is 34.5 Å². The molecular weight excluding hydrogens is 274 g/mol. The van der Waals surface area contributed by atoms with Gasteiger partial charge in [0.05, 0.1) is 17.3 Å². The van der Waals surface area contributed by atoms with Crippen LogP contribution in [0.2, 0.25) is 0 Å². The molecule has 0 aliphatic heterocycles. The van der Waals surface area contributed by atoms with Gasteiger partial charge in [0, 0.05) is 5.69 Å². The Labute approximate surface area is 118 Å². The Balaban J connectivity index is 1.96. The van der Waals surface area contributed by atoms with Crippen LogP contribution >= 0.6 is 0 Å². The summed E-state index contributed by atoms with van der Waals surface area (Å²) < 4.78 is 5.35. The molecule has 0 saturated heterocycles. The van der Waals surface area contributed by atoms with E-state index in [1.807, 2.05) is 0 Å². The first-order valence-electron chi connectivity index (χ1n) is 6.35. The summed E-state index contributed by atoms with van der Waals surface area (Å²) in [5, 5.41) is 17.2. The molecule has 7 nitrogen and oxygen atoms in total. The molecule has 0 radical (unpaired) electrons. The molecule has 0 amide bonds. The van der Waals surface area contributed by atoms with E-state index in [2.05, 4.69) is 15.5 Å². The topological polar surface area (TPSA) is 111 Å². The minimum Gasteiger partial charge on any atom is -0.462 e. The average Bonchev–Trinajstić information content (AvgIpc) is 2.97. The number of aliphatic hydroxyl groups is 1. The largest absolute Gasteiger partial charge is 0.462 e. The molecule has 3 aromatic rings. The highest BCUT2D eigenvalue weighted by molar-refractivity contribution is 5.92. The summed E-state index contributed by atoms with van der Waals surface area (Å²) in [6, 6.07) is 8.41. The van der Waals surface area contributed by atoms with Gasteiger partial charge in [-0.2, -0.15) is 0 Å². The number of hydrogen-bond donors (Lipinski definition) is 4. The standard InChI is InChI=1S/C14H13N3O4/c18-7-9-5-4-8(21-9)6-15-11-3-1-2-10-12(11)14(20)17-16-13(10)19/h1-5,15,18H,6-7H2,(H,16,19)(H,17,20). The Morgan fingerprint density at radius 1 is 1.05 bits per heavy atom. The van der Waals surface area contributed by atoms with Gasteiger partial charge in [-0.3, -0.25) is 19.8 Å². The maximum absolute atomic E-state index is 11.9. The summed E-state index contributed by atoms with van der Waals surface area (Å²) in [7, 11) is 0. The smallest absolute Gasteiger partial charge is 0.272 e. The minimum atomic E-state index is -0.372. The lowest BCUT2D eigenvalue weighted by atomic mass is 10.1. The number of hydrogen-bond acceptors (Lipinski definition) is 5. The van der Waals surface area contributed by atoms with Gasteiger partial charge >= 0.3 is 0 Å². The third kappa shape index (κ3) is 2.46. The molecule has 7 heteroatoms. The van der Waals surface area contributed by atoms with E-state index in [1.54, 1.807) is 30.3 Å². The number of H-pyrrole nitrogens is 2. The molecule has 0 saturated carbocycles. The molecule has 2 heterocycles. The normalized spacial score (nSPS) is 10.9. The fourth-order valence-electron chi connectivity index (χ4n) is 2.16. The zero-order chi connectivity index (χ0) is 14.8. The highest BCUT2D eigenvalue weighted by Gasteiger charge is 2.08. The molecule has 0 fully saturated rings. The van der Waals surface area contributed by atoms with Crippen molar-refractivity contribution in [2.75, 3.05) is 5.32 Å². The Morgan fingerprint density at radius 3 is 2.57 bits per heavy atom. The predicted octanol–water partition coefficient (Wildman–Crippen LogP) is 0.914. The van der Waals surface area contributed by atoms with Crippen LogP contribution in [0.15, 0.2) is 44.3 Å². The summed E-state index contributed by atoms with van der Waals surface area (Å²) >= 11 is 0. The monoisotopic (exact) mass is 287 g/mol. The zero-order valence-corrected chi connectivity index (χ0v) is 11.0. The van der Waals surface area contributed by atoms with Crippen molar-refractivity contribution in [1.29, 1.82) is 0 Å². The number of benzene rings is 1. The van der Waals surface area contributed by atoms with Crippen molar-refractivity contribution in [3.63, 3.8) is 0 Å². The molecule has 0 aliphatic rings. The Bertz CT molecular complexity index is 891. The van der Waals surface area contributed by atoms with Gasteiger partial charge in [-0.05, 0) is 24.3 Å². The first-order valence-corrected chi connectivity index (χ1v) is 6.35. The number of rotatable bonds is 4. The molecule has 1 aromatic carbocycles. The van der Waals surface area contributed by atoms with Gasteiger partial charge in [-0.25, -0.2) is 0 Å². The maximum atomic E-state index is 11.9. The van der Waals surface area contributed by atoms with E-state index in [1.165, 1.54) is 0 Å². The molecule has 3 rings (SSSR count). The number of anilines is 1. The van der Waals surface area contributed by atoms with Crippen molar-refractivity contribution < 1.29 is 9.52 Å². The number of furan rings is 1. The minimum absolute atomic E-state index is 0.163. The van der Waals surface area contributed by atoms with E-state index in [-0.39, 0.29) is 17.7 Å². The van der Waals surface area contributed by atoms with E-state index < -0.39 is 0 Å². The lowest BCUT2D eigenvalue weighted by molar-refractivity contribution is 0.244. The predicted molar refractivity (Wildman–Crippen MR) is 77.1 cm³/mol. The Hall–Kier alpha value is -2.80. The van der Waals surface area contributed by atoms with Gasteiger partial charge in [0.25, 0.3) is 11.1 Å². The number of aromatic amines is 2. The van der Waals surface area contributed by atoms with Gasteiger partial charge in [0.2, 0.25) is 0 Å². The number of fused-ring (bicyclic) bond motifs is 1. The molecule has 0 atom stereocenters. The molecule has 2 aromatic heterocycles. The fourth-order valence-corrected chi connectivity index (χ4v) is 2.16. The summed E-state index contributed by atoms with van der Waals surface area (Å²) in [6.45, 7) is 0.175. The summed E-state index contributed by atoms with van der Waals surface area (Å²) in [6.07, 6.45) is 0. The van der Waals surface area contributed by atoms with Crippen molar-refractivity contribution in [3.05, 3.63) is 62.6 Å². The molecule has 108 valence electrons. The highest BCUT2D eigenvalue weighted by atomic mass is 16.4. The lowest BCUT2D eigenvalue weighted by Gasteiger charge is -2.07. The van der Waals surface area contributed by atoms with Gasteiger partial charge in [-0.1, -0.05) is 6.07 Å². The Morgan fingerprint density at radius 2 is 1.81 bits per heavy atom. The van der Waals surface area contributed by atoms with E-state index in [4.69, 9.17) is 9.52 Å². The summed E-state index contributed by atoms with van der Waals surface area (Å²) in [5.74, 6) is 1.09. The SMILES string of the molecule is O=c1[nH][nH]c(=O)c2c(NCc3ccc(CO)o3)cccc12. The van der Waals surface area contributed by atoms with Crippen molar-refractivity contribution in [3.8, 4) is 0 Å². The van der Waals surface area contributed by atoms with Crippen LogP contribution in [0.5, 0.6) is 0 Å². The second-order valence-corrected chi connectivity index (χ2v) is 4.52. The van der Waals surface area contributed by atoms with Crippen LogP contribution in [0.25, 0.3) is 10.8 Å². The van der Waals surface area contributed by atoms with Gasteiger partial charge in [0.1, 0.15) is 18.1 Å². The lowest BCUT2D eigenvalue weighted by Crippen LogP contribution is -2.20. The van der Waals surface area contributed by atoms with Crippen molar-refractivity contribution in [2.45, 2.75) is 13.2 Å². The summed E-state index contributed by atoms with van der Waals surface area (Å²) in [5.41, 5.74) is -0.182. The zero-order valence-electron chi connectivity index (χ0n) is 11.0. The van der Waals surface area contributed by atoms with Gasteiger partial charge < -0.3 is 14.8 Å². The first-order chi connectivity index (χ1) is 10.2. The quantitative estimate of drug-likeness (QED) is 0.570. The second kappa shape index (κ2) is 5.29. The van der Waals surface area contributed by atoms with Gasteiger partial charge in [-0.15, -0.1) is 0 Å². The first kappa shape index (κ1) is 13.2. The van der Waals surface area contributed by atoms with Crippen LogP contribution in [0.1, 0.15) is 11.5 Å². The third-order valence-electron chi connectivity index (χ3n) is 3.15. The average molecular weight is 287 g/mol. The number of aliphatic hydroxyl groups excluding tert-OH is 1. The van der Waals surface area contributed by atoms with Crippen molar-refractivity contribution in [1.82, 2.24) is 10.2 Å². The Kier molecular flexibility index (Phi) is 3.33. The van der Waals surface area contributed by atoms with E-state index >= 15 is 0 Å². The van der Waals surface area contributed by atoms with Crippen LogP contribution in [-0.4, -0.2) is 15.3 Å². The number of nitrogens with one attached hydrogen (secondary N) is 3. The maximum Gasteiger partial charge on any atom is 0.272 e. The molecular formula is C14H13N3O4. The van der Waals surface area contributed by atoms with Gasteiger partial charge in [0.15, 0.2) is 0 Å². The van der Waals surface area contributed by atoms with Crippen LogP contribution in [0.3, 0.4) is 0 Å². The summed E-state index contributed by atoms with van der Waals surface area (Å²) in [4.78, 5) is 23.6. The molecule has 0 aliphatic carbocycles. The van der Waals surface area contributed by atoms with Crippen LogP contribution < -0.4 is 16.4 Å². The van der Waals surface area contributed by atoms with E-state index in [9.17, 15) is 9.59 Å². The molecule has 0 unspecified atom stereocenters. The molecule has 0 bridgehead atoms. The fraction of sp³-hybridized carbons (Fsp3) is 0.143. The van der Waals surface area contributed by atoms with Crippen LogP contribution in [0.4, 0.5) is 5.69 Å².